The van der Waals surface area contributed by atoms with Gasteiger partial charge in [-0.15, -0.1) is 0 Å². The minimum Gasteiger partial charge on any atom is -0.298 e. The number of nitrogens with zero attached hydrogens (tertiary/aromatic N) is 1. The molecule has 0 aliphatic heterocycles. The first-order valence-electron chi connectivity index (χ1n) is 3.07. The van der Waals surface area contributed by atoms with E-state index in [4.69, 9.17) is 0 Å². The van der Waals surface area contributed by atoms with Crippen molar-refractivity contribution in [2.75, 3.05) is 0 Å². The van der Waals surface area contributed by atoms with E-state index in [1.54, 1.807) is 18.3 Å². The molecule has 1 aromatic rings. The molecule has 1 rings (SSSR count). The van der Waals surface area contributed by atoms with Crippen LogP contribution in [0.25, 0.3) is 0 Å². The fourth-order valence-corrected chi connectivity index (χ4v) is 0.667. The van der Waals surface area contributed by atoms with Crippen molar-refractivity contribution in [1.82, 2.24) is 4.98 Å². The predicted octanol–water partition coefficient (Wildman–Crippen LogP) is 1.21. The minimum atomic E-state index is -0.312. The van der Waals surface area contributed by atoms with E-state index in [2.05, 4.69) is 4.98 Å². The largest absolute Gasteiger partial charge is 0.298 e. The van der Waals surface area contributed by atoms with Crippen LogP contribution in [-0.4, -0.2) is 10.8 Å². The third-order valence-electron chi connectivity index (χ3n) is 1.17. The second kappa shape index (κ2) is 3.51. The third kappa shape index (κ3) is 1.89. The Labute approximate surface area is 64.0 Å². The Balaban J connectivity index is 2.86. The maximum absolute atomic E-state index is 10.9. The molecule has 0 N–H and O–H groups in total. The van der Waals surface area contributed by atoms with Gasteiger partial charge in [0.05, 0.1) is 0 Å². The number of allylic oxidation sites excluding steroid dienone is 1. The van der Waals surface area contributed by atoms with E-state index in [9.17, 15) is 9.90 Å². The molecule has 0 spiro atoms. The summed E-state index contributed by atoms with van der Waals surface area (Å²) in [5.41, 5.74) is 0.430. The lowest BCUT2D eigenvalue weighted by Crippen LogP contribution is -1.93. The van der Waals surface area contributed by atoms with Crippen LogP contribution in [0.5, 0.6) is 0 Å². The fraction of sp³-hybridized carbons (Fsp3) is 0. The molecule has 1 radical (unpaired) electrons. The Morgan fingerprint density at radius 1 is 1.55 bits per heavy atom. The topological polar surface area (TPSA) is 49.9 Å². The van der Waals surface area contributed by atoms with Crippen LogP contribution in [-0.2, 0) is 5.11 Å². The molecule has 1 aromatic heterocycles. The number of aromatic nitrogens is 1. The van der Waals surface area contributed by atoms with Crippen LogP contribution in [0.1, 0.15) is 10.4 Å². The molecule has 0 atom stereocenters. The molecular formula is C8H6NO2. The van der Waals surface area contributed by atoms with Crippen LogP contribution in [0.15, 0.2) is 36.9 Å². The molecule has 0 bridgehead atoms. The standard InChI is InChI=1S/C8H6NO2/c10-5-3-8(11)7-2-1-4-9-6-7/h1-6H. The van der Waals surface area contributed by atoms with E-state index >= 15 is 0 Å². The molecule has 11 heavy (non-hydrogen) atoms. The van der Waals surface area contributed by atoms with Gasteiger partial charge in [-0.1, -0.05) is 0 Å². The Morgan fingerprint density at radius 3 is 2.91 bits per heavy atom. The highest BCUT2D eigenvalue weighted by atomic mass is 16.2. The average Bonchev–Trinajstić information content (AvgIpc) is 2.07. The number of hydrogen-bond donors (Lipinski definition) is 0. The summed E-state index contributed by atoms with van der Waals surface area (Å²) in [5.74, 6) is -0.312. The average molecular weight is 148 g/mol. The first-order chi connectivity index (χ1) is 5.34. The molecule has 55 valence electrons. The van der Waals surface area contributed by atoms with Gasteiger partial charge in [0.15, 0.2) is 5.78 Å². The van der Waals surface area contributed by atoms with Gasteiger partial charge in [0.2, 0.25) is 0 Å². The fourth-order valence-electron chi connectivity index (χ4n) is 0.667. The second-order valence-corrected chi connectivity index (χ2v) is 1.91. The van der Waals surface area contributed by atoms with Crippen LogP contribution in [0.2, 0.25) is 0 Å². The second-order valence-electron chi connectivity index (χ2n) is 1.91. The van der Waals surface area contributed by atoms with Gasteiger partial charge in [0.25, 0.3) is 0 Å². The Hall–Kier alpha value is -1.64. The summed E-state index contributed by atoms with van der Waals surface area (Å²) < 4.78 is 0. The van der Waals surface area contributed by atoms with Crippen molar-refractivity contribution >= 4 is 5.78 Å². The van der Waals surface area contributed by atoms with Gasteiger partial charge in [-0.3, -0.25) is 14.9 Å². The Morgan fingerprint density at radius 2 is 2.36 bits per heavy atom. The van der Waals surface area contributed by atoms with Crippen molar-refractivity contribution in [2.24, 2.45) is 0 Å². The molecule has 3 nitrogen and oxygen atoms in total. The van der Waals surface area contributed by atoms with Crippen molar-refractivity contribution in [2.45, 2.75) is 0 Å². The summed E-state index contributed by atoms with van der Waals surface area (Å²) in [4.78, 5) is 14.6. The highest BCUT2D eigenvalue weighted by Gasteiger charge is 1.98. The van der Waals surface area contributed by atoms with Crippen molar-refractivity contribution in [3.05, 3.63) is 42.4 Å². The summed E-state index contributed by atoms with van der Waals surface area (Å²) in [6.45, 7) is 0. The molecule has 0 saturated carbocycles. The highest BCUT2D eigenvalue weighted by molar-refractivity contribution is 6.03. The van der Waals surface area contributed by atoms with Gasteiger partial charge < -0.3 is 0 Å². The predicted molar refractivity (Wildman–Crippen MR) is 38.4 cm³/mol. The van der Waals surface area contributed by atoms with E-state index < -0.39 is 0 Å². The number of rotatable bonds is 2. The van der Waals surface area contributed by atoms with Crippen LogP contribution >= 0.6 is 0 Å². The lowest BCUT2D eigenvalue weighted by molar-refractivity contribution is 0.104. The smallest absolute Gasteiger partial charge is 0.190 e. The molecule has 0 aliphatic carbocycles. The highest BCUT2D eigenvalue weighted by Crippen LogP contribution is 1.97. The zero-order chi connectivity index (χ0) is 8.10. The summed E-state index contributed by atoms with van der Waals surface area (Å²) in [5, 5.41) is 9.89. The normalized spacial score (nSPS) is 10.2. The first kappa shape index (κ1) is 7.47. The van der Waals surface area contributed by atoms with Gasteiger partial charge in [-0.05, 0) is 12.1 Å². The molecule has 0 saturated heterocycles. The van der Waals surface area contributed by atoms with Gasteiger partial charge in [0.1, 0.15) is 6.26 Å². The Bertz CT molecular complexity index is 267. The van der Waals surface area contributed by atoms with Crippen LogP contribution in [0.4, 0.5) is 0 Å². The lowest BCUT2D eigenvalue weighted by atomic mass is 10.2. The van der Waals surface area contributed by atoms with Crippen LogP contribution in [0, 0.1) is 0 Å². The zero-order valence-corrected chi connectivity index (χ0v) is 5.73. The molecule has 0 amide bonds. The van der Waals surface area contributed by atoms with E-state index in [1.807, 2.05) is 0 Å². The summed E-state index contributed by atoms with van der Waals surface area (Å²) in [7, 11) is 0. The summed E-state index contributed by atoms with van der Waals surface area (Å²) in [6.07, 6.45) is 4.42. The minimum absolute atomic E-state index is 0.312. The van der Waals surface area contributed by atoms with Crippen LogP contribution in [0.3, 0.4) is 0 Å². The molecule has 0 fully saturated rings. The number of pyridine rings is 1. The van der Waals surface area contributed by atoms with E-state index in [0.717, 1.165) is 6.08 Å². The SMILES string of the molecule is [O]C=CC(=O)c1cccnc1. The molecule has 0 aliphatic rings. The van der Waals surface area contributed by atoms with Crippen LogP contribution < -0.4 is 0 Å². The van der Waals surface area contributed by atoms with E-state index in [0.29, 0.717) is 11.8 Å². The number of carbonyl (C=O) groups excluding carboxylic acids is 1. The van der Waals surface area contributed by atoms with Crippen molar-refractivity contribution < 1.29 is 9.90 Å². The molecule has 1 heterocycles. The van der Waals surface area contributed by atoms with Gasteiger partial charge >= 0.3 is 0 Å². The van der Waals surface area contributed by atoms with E-state index in [1.165, 1.54) is 6.20 Å². The quantitative estimate of drug-likeness (QED) is 0.359. The number of carbonyl (C=O) groups is 1. The van der Waals surface area contributed by atoms with Crippen molar-refractivity contribution in [3.63, 3.8) is 0 Å². The zero-order valence-electron chi connectivity index (χ0n) is 5.73. The van der Waals surface area contributed by atoms with Crippen molar-refractivity contribution in [3.8, 4) is 0 Å². The molecule has 0 unspecified atom stereocenters. The molecule has 3 heteroatoms. The third-order valence-corrected chi connectivity index (χ3v) is 1.17. The monoisotopic (exact) mass is 148 g/mol. The molecule has 0 aromatic carbocycles. The summed E-state index contributed by atoms with van der Waals surface area (Å²) in [6, 6.07) is 3.25. The maximum Gasteiger partial charge on any atom is 0.190 e. The number of ketones is 1. The van der Waals surface area contributed by atoms with E-state index in [-0.39, 0.29) is 5.78 Å². The first-order valence-corrected chi connectivity index (χ1v) is 3.07. The lowest BCUT2D eigenvalue weighted by Gasteiger charge is -1.90. The molecular weight excluding hydrogens is 142 g/mol. The van der Waals surface area contributed by atoms with Gasteiger partial charge in [-0.2, -0.15) is 0 Å². The number of hydrogen-bond acceptors (Lipinski definition) is 2. The maximum atomic E-state index is 10.9. The van der Waals surface area contributed by atoms with Crippen molar-refractivity contribution in [1.29, 1.82) is 0 Å². The van der Waals surface area contributed by atoms with Gasteiger partial charge in [-0.25, -0.2) is 0 Å². The van der Waals surface area contributed by atoms with Gasteiger partial charge in [0, 0.05) is 24.0 Å². The summed E-state index contributed by atoms with van der Waals surface area (Å²) >= 11 is 0. The Kier molecular flexibility index (Phi) is 2.38.